The molecular weight excluding hydrogens is 170 g/mol. The third-order valence-corrected chi connectivity index (χ3v) is 2.46. The molecule has 0 amide bonds. The summed E-state index contributed by atoms with van der Waals surface area (Å²) in [5, 5.41) is 0. The molecule has 0 aliphatic carbocycles. The Morgan fingerprint density at radius 2 is 2.07 bits per heavy atom. The van der Waals surface area contributed by atoms with E-state index in [0.29, 0.717) is 0 Å². The van der Waals surface area contributed by atoms with Crippen molar-refractivity contribution in [3.8, 4) is 0 Å². The van der Waals surface area contributed by atoms with Gasteiger partial charge in [0.1, 0.15) is 0 Å². The highest BCUT2D eigenvalue weighted by Crippen LogP contribution is 2.23. The third kappa shape index (κ3) is 2.38. The zero-order valence-corrected chi connectivity index (χ0v) is 9.30. The van der Waals surface area contributed by atoms with E-state index in [1.54, 1.807) is 6.20 Å². The highest BCUT2D eigenvalue weighted by molar-refractivity contribution is 5.68. The van der Waals surface area contributed by atoms with Gasteiger partial charge in [-0.15, -0.1) is 0 Å². The van der Waals surface area contributed by atoms with Gasteiger partial charge in [0.2, 0.25) is 0 Å². The fraction of sp³-hybridized carbons (Fsp3) is 0.385. The molecule has 14 heavy (non-hydrogen) atoms. The Morgan fingerprint density at radius 1 is 1.36 bits per heavy atom. The summed E-state index contributed by atoms with van der Waals surface area (Å²) in [6.45, 7) is 6.42. The van der Waals surface area contributed by atoms with Gasteiger partial charge in [-0.1, -0.05) is 37.1 Å². The van der Waals surface area contributed by atoms with Gasteiger partial charge in [0, 0.05) is 0 Å². The summed E-state index contributed by atoms with van der Waals surface area (Å²) in [6, 6.07) is 6.51. The predicted molar refractivity (Wildman–Crippen MR) is 63.0 cm³/mol. The van der Waals surface area contributed by atoms with Crippen molar-refractivity contribution in [3.05, 3.63) is 41.1 Å². The van der Waals surface area contributed by atoms with Crippen molar-refractivity contribution >= 4 is 5.57 Å². The molecule has 0 radical (unpaired) electrons. The summed E-state index contributed by atoms with van der Waals surface area (Å²) >= 11 is 0. The molecule has 0 aliphatic heterocycles. The summed E-state index contributed by atoms with van der Waals surface area (Å²) in [5.74, 6) is 0. The number of hydrogen-bond acceptors (Lipinski definition) is 1. The molecule has 0 saturated carbocycles. The first-order valence-electron chi connectivity index (χ1n) is 5.17. The van der Waals surface area contributed by atoms with E-state index in [9.17, 15) is 0 Å². The summed E-state index contributed by atoms with van der Waals surface area (Å²) < 4.78 is 0. The van der Waals surface area contributed by atoms with Gasteiger partial charge in [-0.3, -0.25) is 0 Å². The van der Waals surface area contributed by atoms with Crippen LogP contribution in [-0.2, 0) is 0 Å². The van der Waals surface area contributed by atoms with Crippen molar-refractivity contribution in [3.63, 3.8) is 0 Å². The number of nitrogens with two attached hydrogens (primary N) is 1. The van der Waals surface area contributed by atoms with Crippen molar-refractivity contribution in [1.29, 1.82) is 0 Å². The lowest BCUT2D eigenvalue weighted by molar-refractivity contribution is 0.969. The minimum Gasteiger partial charge on any atom is -0.404 e. The molecule has 0 spiro atoms. The average molecular weight is 189 g/mol. The van der Waals surface area contributed by atoms with Crippen molar-refractivity contribution in [1.82, 2.24) is 0 Å². The fourth-order valence-corrected chi connectivity index (χ4v) is 1.66. The molecule has 1 heteroatoms. The first-order valence-corrected chi connectivity index (χ1v) is 5.17. The molecule has 1 aromatic rings. The smallest absolute Gasteiger partial charge is 0.00236 e. The fourth-order valence-electron chi connectivity index (χ4n) is 1.66. The van der Waals surface area contributed by atoms with Gasteiger partial charge in [0.15, 0.2) is 0 Å². The van der Waals surface area contributed by atoms with Crippen LogP contribution in [0.2, 0.25) is 0 Å². The summed E-state index contributed by atoms with van der Waals surface area (Å²) in [5.41, 5.74) is 10.8. The maximum Gasteiger partial charge on any atom is -0.00236 e. The van der Waals surface area contributed by atoms with Crippen LogP contribution in [0.3, 0.4) is 0 Å². The minimum atomic E-state index is 1.06. The zero-order valence-electron chi connectivity index (χ0n) is 9.30. The maximum absolute atomic E-state index is 5.65. The highest BCUT2D eigenvalue weighted by atomic mass is 14.5. The van der Waals surface area contributed by atoms with Crippen LogP contribution in [0.4, 0.5) is 0 Å². The van der Waals surface area contributed by atoms with Gasteiger partial charge in [-0.25, -0.2) is 0 Å². The second kappa shape index (κ2) is 4.85. The van der Waals surface area contributed by atoms with E-state index in [0.717, 1.165) is 12.8 Å². The van der Waals surface area contributed by atoms with Crippen LogP contribution in [0, 0.1) is 13.8 Å². The largest absolute Gasteiger partial charge is 0.404 e. The van der Waals surface area contributed by atoms with E-state index in [-0.39, 0.29) is 0 Å². The van der Waals surface area contributed by atoms with Crippen LogP contribution in [-0.4, -0.2) is 0 Å². The van der Waals surface area contributed by atoms with Gasteiger partial charge in [-0.05, 0) is 43.2 Å². The van der Waals surface area contributed by atoms with Crippen molar-refractivity contribution in [2.75, 3.05) is 0 Å². The second-order valence-corrected chi connectivity index (χ2v) is 3.76. The molecular formula is C13H19N. The molecule has 0 unspecified atom stereocenters. The van der Waals surface area contributed by atoms with Crippen LogP contribution >= 0.6 is 0 Å². The quantitative estimate of drug-likeness (QED) is 0.774. The predicted octanol–water partition coefficient (Wildman–Crippen LogP) is 3.40. The molecule has 0 fully saturated rings. The molecule has 1 rings (SSSR count). The van der Waals surface area contributed by atoms with Gasteiger partial charge in [0.05, 0.1) is 0 Å². The Morgan fingerprint density at radius 3 is 2.64 bits per heavy atom. The van der Waals surface area contributed by atoms with Crippen molar-refractivity contribution < 1.29 is 0 Å². The molecule has 2 N–H and O–H groups in total. The molecule has 0 aliphatic rings. The molecule has 1 nitrogen and oxygen atoms in total. The molecule has 0 atom stereocenters. The monoisotopic (exact) mass is 189 g/mol. The van der Waals surface area contributed by atoms with E-state index in [1.807, 2.05) is 0 Å². The maximum atomic E-state index is 5.65. The molecule has 0 heterocycles. The van der Waals surface area contributed by atoms with E-state index >= 15 is 0 Å². The topological polar surface area (TPSA) is 26.0 Å². The van der Waals surface area contributed by atoms with Crippen molar-refractivity contribution in [2.24, 2.45) is 5.73 Å². The Balaban J connectivity index is 3.09. The SMILES string of the molecule is CCC/C(=C/N)c1cc(C)ccc1C. The zero-order chi connectivity index (χ0) is 10.6. The van der Waals surface area contributed by atoms with Gasteiger partial charge in [0.25, 0.3) is 0 Å². The van der Waals surface area contributed by atoms with Crippen LogP contribution in [0.5, 0.6) is 0 Å². The van der Waals surface area contributed by atoms with E-state index in [1.165, 1.54) is 22.3 Å². The lowest BCUT2D eigenvalue weighted by atomic mass is 9.96. The summed E-state index contributed by atoms with van der Waals surface area (Å²) in [7, 11) is 0. The van der Waals surface area contributed by atoms with Crippen LogP contribution in [0.15, 0.2) is 24.4 Å². The normalized spacial score (nSPS) is 11.8. The Labute approximate surface area is 86.6 Å². The average Bonchev–Trinajstić information content (AvgIpc) is 2.18. The number of allylic oxidation sites excluding steroid dienone is 1. The highest BCUT2D eigenvalue weighted by Gasteiger charge is 2.03. The Bertz CT molecular complexity index is 337. The number of aryl methyl sites for hydroxylation is 2. The molecule has 1 aromatic carbocycles. The standard InChI is InChI=1S/C13H19N/c1-4-5-12(9-14)13-8-10(2)6-7-11(13)3/h6-9H,4-5,14H2,1-3H3/b12-9-. The Kier molecular flexibility index (Phi) is 3.75. The van der Waals surface area contributed by atoms with E-state index < -0.39 is 0 Å². The Hall–Kier alpha value is -1.24. The van der Waals surface area contributed by atoms with Gasteiger partial charge in [-0.2, -0.15) is 0 Å². The first kappa shape index (κ1) is 10.8. The molecule has 76 valence electrons. The van der Waals surface area contributed by atoms with E-state index in [2.05, 4.69) is 39.0 Å². The number of rotatable bonds is 3. The van der Waals surface area contributed by atoms with Gasteiger partial charge < -0.3 is 5.73 Å². The van der Waals surface area contributed by atoms with Crippen LogP contribution in [0.1, 0.15) is 36.5 Å². The lowest BCUT2D eigenvalue weighted by Crippen LogP contribution is -1.93. The summed E-state index contributed by atoms with van der Waals surface area (Å²) in [4.78, 5) is 0. The molecule has 0 bridgehead atoms. The van der Waals surface area contributed by atoms with E-state index in [4.69, 9.17) is 5.73 Å². The summed E-state index contributed by atoms with van der Waals surface area (Å²) in [6.07, 6.45) is 3.93. The van der Waals surface area contributed by atoms with Crippen LogP contribution in [0.25, 0.3) is 5.57 Å². The minimum absolute atomic E-state index is 1.06. The molecule has 0 aromatic heterocycles. The number of benzene rings is 1. The van der Waals surface area contributed by atoms with Crippen molar-refractivity contribution in [2.45, 2.75) is 33.6 Å². The molecule has 0 saturated heterocycles. The lowest BCUT2D eigenvalue weighted by Gasteiger charge is -2.10. The third-order valence-electron chi connectivity index (χ3n) is 2.46. The van der Waals surface area contributed by atoms with Gasteiger partial charge >= 0.3 is 0 Å². The first-order chi connectivity index (χ1) is 6.69. The van der Waals surface area contributed by atoms with Crippen LogP contribution < -0.4 is 5.73 Å². The second-order valence-electron chi connectivity index (χ2n) is 3.76. The number of hydrogen-bond donors (Lipinski definition) is 1.